The number of rotatable bonds is 4. The minimum absolute atomic E-state index is 0.143. The Hall–Kier alpha value is -3.23. The number of aromatic nitrogens is 1. The fourth-order valence-corrected chi connectivity index (χ4v) is 5.44. The van der Waals surface area contributed by atoms with Crippen LogP contribution in [0.1, 0.15) is 6.92 Å². The van der Waals surface area contributed by atoms with E-state index in [0.717, 1.165) is 38.9 Å². The van der Waals surface area contributed by atoms with Gasteiger partial charge in [-0.25, -0.2) is 8.42 Å². The molecule has 1 aliphatic heterocycles. The van der Waals surface area contributed by atoms with Crippen molar-refractivity contribution >= 4 is 60.7 Å². The van der Waals surface area contributed by atoms with Crippen molar-refractivity contribution in [3.63, 3.8) is 0 Å². The summed E-state index contributed by atoms with van der Waals surface area (Å²) in [6, 6.07) is 18.6. The van der Waals surface area contributed by atoms with Gasteiger partial charge in [0.25, 0.3) is 5.91 Å². The summed E-state index contributed by atoms with van der Waals surface area (Å²) in [6.07, 6.45) is 0.0798. The molecule has 1 amide bonds. The Morgan fingerprint density at radius 3 is 2.61 bits per heavy atom. The standard InChI is InChI=1S/C24H22ClN3O4S/c1-3-27-19-7-5-4-6-17(19)18-13-16(9-10-20(18)27)26-24(29)23-14-28(33(2,30)31)21-12-15(25)8-11-22(21)32-23/h4-13,23H,3,14H2,1-2H3,(H,26,29)/t23-/m1/s1. The summed E-state index contributed by atoms with van der Waals surface area (Å²) in [5, 5.41) is 5.41. The Morgan fingerprint density at radius 2 is 1.85 bits per heavy atom. The second-order valence-corrected chi connectivity index (χ2v) is 10.3. The van der Waals surface area contributed by atoms with Gasteiger partial charge in [-0.3, -0.25) is 9.10 Å². The van der Waals surface area contributed by atoms with Crippen molar-refractivity contribution in [3.8, 4) is 5.75 Å². The Morgan fingerprint density at radius 1 is 1.09 bits per heavy atom. The molecule has 1 aliphatic rings. The number of halogens is 1. The number of nitrogens with one attached hydrogen (secondary N) is 1. The van der Waals surface area contributed by atoms with Crippen molar-refractivity contribution in [1.82, 2.24) is 4.57 Å². The van der Waals surface area contributed by atoms with Gasteiger partial charge in [0.2, 0.25) is 10.0 Å². The zero-order valence-electron chi connectivity index (χ0n) is 18.1. The van der Waals surface area contributed by atoms with E-state index >= 15 is 0 Å². The number of anilines is 2. The summed E-state index contributed by atoms with van der Waals surface area (Å²) in [6.45, 7) is 2.78. The van der Waals surface area contributed by atoms with Gasteiger partial charge in [-0.15, -0.1) is 0 Å². The van der Waals surface area contributed by atoms with Crippen molar-refractivity contribution in [2.75, 3.05) is 22.4 Å². The van der Waals surface area contributed by atoms with Gasteiger partial charge in [0.1, 0.15) is 5.75 Å². The fourth-order valence-electron chi connectivity index (χ4n) is 4.37. The fraction of sp³-hybridized carbons (Fsp3) is 0.208. The van der Waals surface area contributed by atoms with Gasteiger partial charge in [0.05, 0.1) is 18.5 Å². The normalized spacial score (nSPS) is 16.0. The second kappa shape index (κ2) is 7.97. The van der Waals surface area contributed by atoms with Crippen LogP contribution >= 0.6 is 11.6 Å². The minimum Gasteiger partial charge on any atom is -0.476 e. The van der Waals surface area contributed by atoms with Crippen molar-refractivity contribution in [1.29, 1.82) is 0 Å². The molecule has 0 saturated carbocycles. The van der Waals surface area contributed by atoms with Crippen LogP contribution in [0.2, 0.25) is 5.02 Å². The molecule has 0 radical (unpaired) electrons. The van der Waals surface area contributed by atoms with Crippen LogP contribution in [0.5, 0.6) is 5.75 Å². The lowest BCUT2D eigenvalue weighted by Crippen LogP contribution is -2.48. The molecule has 33 heavy (non-hydrogen) atoms. The van der Waals surface area contributed by atoms with E-state index in [1.165, 1.54) is 6.07 Å². The van der Waals surface area contributed by atoms with Crippen LogP contribution in [0, 0.1) is 0 Å². The van der Waals surface area contributed by atoms with Crippen molar-refractivity contribution in [3.05, 3.63) is 65.7 Å². The maximum atomic E-state index is 13.1. The van der Waals surface area contributed by atoms with Crippen molar-refractivity contribution < 1.29 is 17.9 Å². The van der Waals surface area contributed by atoms with Crippen LogP contribution in [0.25, 0.3) is 21.8 Å². The van der Waals surface area contributed by atoms with Crippen molar-refractivity contribution in [2.24, 2.45) is 0 Å². The van der Waals surface area contributed by atoms with Gasteiger partial charge in [-0.2, -0.15) is 0 Å². The molecule has 1 atom stereocenters. The Bertz CT molecular complexity index is 1510. The average molecular weight is 484 g/mol. The van der Waals surface area contributed by atoms with Crippen LogP contribution in [0.15, 0.2) is 60.7 Å². The first-order chi connectivity index (χ1) is 15.8. The van der Waals surface area contributed by atoms with Gasteiger partial charge < -0.3 is 14.6 Å². The SMILES string of the molecule is CCn1c2ccccc2c2cc(NC(=O)[C@H]3CN(S(C)(=O)=O)c4cc(Cl)ccc4O3)ccc21. The lowest BCUT2D eigenvalue weighted by molar-refractivity contribution is -0.122. The summed E-state index contributed by atoms with van der Waals surface area (Å²) in [5.74, 6) is -0.138. The summed E-state index contributed by atoms with van der Waals surface area (Å²) in [4.78, 5) is 13.1. The second-order valence-electron chi connectivity index (χ2n) is 8.00. The topological polar surface area (TPSA) is 80.6 Å². The number of para-hydroxylation sites is 1. The number of aryl methyl sites for hydroxylation is 1. The third kappa shape index (κ3) is 3.79. The molecule has 0 spiro atoms. The number of hydrogen-bond donors (Lipinski definition) is 1. The van der Waals surface area contributed by atoms with Crippen LogP contribution in [-0.4, -0.2) is 37.8 Å². The molecule has 7 nitrogen and oxygen atoms in total. The number of amides is 1. The molecule has 1 aromatic heterocycles. The number of hydrogen-bond acceptors (Lipinski definition) is 4. The van der Waals surface area contributed by atoms with E-state index in [1.807, 2.05) is 30.3 Å². The van der Waals surface area contributed by atoms with Crippen LogP contribution in [0.4, 0.5) is 11.4 Å². The molecule has 1 N–H and O–H groups in total. The van der Waals surface area contributed by atoms with E-state index < -0.39 is 22.0 Å². The minimum atomic E-state index is -3.64. The van der Waals surface area contributed by atoms with E-state index in [-0.39, 0.29) is 12.3 Å². The molecule has 5 rings (SSSR count). The molecular formula is C24H22ClN3O4S. The number of ether oxygens (including phenoxy) is 1. The number of carbonyl (C=O) groups is 1. The van der Waals surface area contributed by atoms with Gasteiger partial charge in [-0.1, -0.05) is 29.8 Å². The number of carbonyl (C=O) groups excluding carboxylic acids is 1. The number of sulfonamides is 1. The van der Waals surface area contributed by atoms with Gasteiger partial charge in [0.15, 0.2) is 6.10 Å². The quantitative estimate of drug-likeness (QED) is 0.458. The Kier molecular flexibility index (Phi) is 5.22. The largest absolute Gasteiger partial charge is 0.476 e. The Labute approximate surface area is 196 Å². The predicted molar refractivity (Wildman–Crippen MR) is 132 cm³/mol. The summed E-state index contributed by atoms with van der Waals surface area (Å²) in [5.41, 5.74) is 3.15. The highest BCUT2D eigenvalue weighted by atomic mass is 35.5. The van der Waals surface area contributed by atoms with Crippen LogP contribution in [-0.2, 0) is 21.4 Å². The number of benzene rings is 3. The zero-order chi connectivity index (χ0) is 23.3. The van der Waals surface area contributed by atoms with E-state index in [2.05, 4.69) is 28.9 Å². The lowest BCUT2D eigenvalue weighted by Gasteiger charge is -2.34. The first-order valence-corrected chi connectivity index (χ1v) is 12.7. The molecule has 3 aromatic carbocycles. The predicted octanol–water partition coefficient (Wildman–Crippen LogP) is 4.63. The van der Waals surface area contributed by atoms with Crippen LogP contribution < -0.4 is 14.4 Å². The van der Waals surface area contributed by atoms with Crippen LogP contribution in [0.3, 0.4) is 0 Å². The highest BCUT2D eigenvalue weighted by Crippen LogP contribution is 2.37. The Balaban J connectivity index is 1.47. The average Bonchev–Trinajstić information content (AvgIpc) is 3.10. The molecule has 2 heterocycles. The lowest BCUT2D eigenvalue weighted by atomic mass is 10.1. The summed E-state index contributed by atoms with van der Waals surface area (Å²) >= 11 is 6.04. The molecule has 0 saturated heterocycles. The molecule has 9 heteroatoms. The van der Waals surface area contributed by atoms with E-state index in [0.29, 0.717) is 16.4 Å². The third-order valence-electron chi connectivity index (χ3n) is 5.84. The summed E-state index contributed by atoms with van der Waals surface area (Å²) in [7, 11) is -3.64. The maximum Gasteiger partial charge on any atom is 0.267 e. The van der Waals surface area contributed by atoms with Gasteiger partial charge >= 0.3 is 0 Å². The van der Waals surface area contributed by atoms with E-state index in [1.54, 1.807) is 12.1 Å². The zero-order valence-corrected chi connectivity index (χ0v) is 19.7. The molecule has 0 aliphatic carbocycles. The van der Waals surface area contributed by atoms with E-state index in [9.17, 15) is 13.2 Å². The highest BCUT2D eigenvalue weighted by molar-refractivity contribution is 7.92. The molecule has 4 aromatic rings. The number of fused-ring (bicyclic) bond motifs is 4. The molecular weight excluding hydrogens is 462 g/mol. The highest BCUT2D eigenvalue weighted by Gasteiger charge is 2.35. The molecule has 0 bridgehead atoms. The summed E-state index contributed by atoms with van der Waals surface area (Å²) < 4.78 is 34.0. The smallest absolute Gasteiger partial charge is 0.267 e. The maximum absolute atomic E-state index is 13.1. The van der Waals surface area contributed by atoms with Gasteiger partial charge in [-0.05, 0) is 49.4 Å². The molecule has 0 fully saturated rings. The monoisotopic (exact) mass is 483 g/mol. The number of nitrogens with zero attached hydrogens (tertiary/aromatic N) is 2. The third-order valence-corrected chi connectivity index (χ3v) is 7.22. The molecule has 170 valence electrons. The van der Waals surface area contributed by atoms with E-state index in [4.69, 9.17) is 16.3 Å². The molecule has 0 unspecified atom stereocenters. The van der Waals surface area contributed by atoms with Crippen molar-refractivity contribution in [2.45, 2.75) is 19.6 Å². The first kappa shape index (κ1) is 21.6. The first-order valence-electron chi connectivity index (χ1n) is 10.5. The van der Waals surface area contributed by atoms with Gasteiger partial charge in [0, 0.05) is 39.1 Å².